The maximum Gasteiger partial charge on any atom is 0.324 e. The van der Waals surface area contributed by atoms with E-state index in [-0.39, 0.29) is 23.7 Å². The highest BCUT2D eigenvalue weighted by molar-refractivity contribution is 9.10. The van der Waals surface area contributed by atoms with Crippen LogP contribution in [-0.2, 0) is 19.6 Å². The molecule has 0 radical (unpaired) electrons. The minimum Gasteiger partial charge on any atom is -0.465 e. The Morgan fingerprint density at radius 3 is 2.90 bits per heavy atom. The summed E-state index contributed by atoms with van der Waals surface area (Å²) >= 11 is 3.24. The first kappa shape index (κ1) is 16.3. The van der Waals surface area contributed by atoms with Gasteiger partial charge in [-0.25, -0.2) is 8.42 Å². The second kappa shape index (κ2) is 6.33. The van der Waals surface area contributed by atoms with Crippen LogP contribution in [0.25, 0.3) is 0 Å². The molecule has 1 aromatic carbocycles. The Bertz CT molecular complexity index is 648. The summed E-state index contributed by atoms with van der Waals surface area (Å²) in [6, 6.07) is 3.87. The van der Waals surface area contributed by atoms with E-state index in [1.54, 1.807) is 13.0 Å². The summed E-state index contributed by atoms with van der Waals surface area (Å²) in [4.78, 5) is 11.9. The van der Waals surface area contributed by atoms with Crippen molar-refractivity contribution in [3.8, 4) is 0 Å². The van der Waals surface area contributed by atoms with Crippen LogP contribution in [0.5, 0.6) is 0 Å². The molecule has 1 aliphatic heterocycles. The number of nitrogen functional groups attached to an aromatic ring is 1. The van der Waals surface area contributed by atoms with Crippen molar-refractivity contribution >= 4 is 37.6 Å². The van der Waals surface area contributed by atoms with E-state index < -0.39 is 22.0 Å². The zero-order chi connectivity index (χ0) is 15.6. The summed E-state index contributed by atoms with van der Waals surface area (Å²) in [7, 11) is -3.83. The molecule has 1 unspecified atom stereocenters. The van der Waals surface area contributed by atoms with Crippen LogP contribution in [0.1, 0.15) is 19.8 Å². The summed E-state index contributed by atoms with van der Waals surface area (Å²) in [5, 5.41) is 0. The molecule has 6 nitrogen and oxygen atoms in total. The molecule has 1 aromatic rings. The molecular formula is C13H17BrN2O4S. The highest BCUT2D eigenvalue weighted by atomic mass is 79.9. The number of ether oxygens (including phenoxy) is 1. The van der Waals surface area contributed by atoms with Gasteiger partial charge in [-0.1, -0.05) is 15.9 Å². The fraction of sp³-hybridized carbons (Fsp3) is 0.462. The van der Waals surface area contributed by atoms with Crippen LogP contribution in [-0.4, -0.2) is 37.9 Å². The van der Waals surface area contributed by atoms with Crippen molar-refractivity contribution in [1.82, 2.24) is 4.31 Å². The smallest absolute Gasteiger partial charge is 0.324 e. The molecule has 1 aliphatic rings. The van der Waals surface area contributed by atoms with Crippen LogP contribution in [0.15, 0.2) is 27.6 Å². The summed E-state index contributed by atoms with van der Waals surface area (Å²) < 4.78 is 32.2. The van der Waals surface area contributed by atoms with Crippen molar-refractivity contribution in [2.75, 3.05) is 18.9 Å². The lowest BCUT2D eigenvalue weighted by Gasteiger charge is -2.23. The Labute approximate surface area is 132 Å². The Kier molecular flexibility index (Phi) is 4.90. The molecule has 1 fully saturated rings. The van der Waals surface area contributed by atoms with Crippen molar-refractivity contribution < 1.29 is 17.9 Å². The Balaban J connectivity index is 2.38. The van der Waals surface area contributed by atoms with Crippen molar-refractivity contribution in [2.45, 2.75) is 30.7 Å². The Hall–Kier alpha value is -1.12. The molecule has 0 saturated carbocycles. The number of benzene rings is 1. The van der Waals surface area contributed by atoms with Crippen molar-refractivity contribution in [3.63, 3.8) is 0 Å². The van der Waals surface area contributed by atoms with Gasteiger partial charge in [0.25, 0.3) is 0 Å². The highest BCUT2D eigenvalue weighted by Gasteiger charge is 2.41. The first-order chi connectivity index (χ1) is 9.87. The number of hydrogen-bond donors (Lipinski definition) is 1. The molecule has 8 heteroatoms. The molecule has 2 rings (SSSR count). The van der Waals surface area contributed by atoms with Gasteiger partial charge in [0.1, 0.15) is 10.9 Å². The minimum atomic E-state index is -3.83. The molecule has 1 atom stereocenters. The van der Waals surface area contributed by atoms with Gasteiger partial charge in [-0.15, -0.1) is 0 Å². The zero-order valence-corrected chi connectivity index (χ0v) is 14.0. The van der Waals surface area contributed by atoms with Gasteiger partial charge in [-0.3, -0.25) is 4.79 Å². The monoisotopic (exact) mass is 376 g/mol. The molecule has 0 amide bonds. The summed E-state index contributed by atoms with van der Waals surface area (Å²) in [5.41, 5.74) is 5.94. The second-order valence-corrected chi connectivity index (χ2v) is 7.48. The number of rotatable bonds is 4. The lowest BCUT2D eigenvalue weighted by atomic mass is 10.2. The normalized spacial score (nSPS) is 19.6. The topological polar surface area (TPSA) is 89.7 Å². The van der Waals surface area contributed by atoms with Gasteiger partial charge < -0.3 is 10.5 Å². The Morgan fingerprint density at radius 1 is 1.52 bits per heavy atom. The molecule has 0 spiro atoms. The van der Waals surface area contributed by atoms with Crippen molar-refractivity contribution in [1.29, 1.82) is 0 Å². The maximum atomic E-state index is 12.7. The molecule has 0 bridgehead atoms. The molecule has 2 N–H and O–H groups in total. The van der Waals surface area contributed by atoms with Crippen molar-refractivity contribution in [3.05, 3.63) is 22.7 Å². The molecule has 116 valence electrons. The first-order valence-electron chi connectivity index (χ1n) is 6.61. The fourth-order valence-corrected chi connectivity index (χ4v) is 4.66. The number of halogens is 1. The third kappa shape index (κ3) is 3.22. The van der Waals surface area contributed by atoms with Gasteiger partial charge in [0.05, 0.1) is 12.3 Å². The van der Waals surface area contributed by atoms with Crippen LogP contribution in [0.3, 0.4) is 0 Å². The van der Waals surface area contributed by atoms with Crippen LogP contribution in [0.4, 0.5) is 5.69 Å². The second-order valence-electron chi connectivity index (χ2n) is 4.71. The van der Waals surface area contributed by atoms with Crippen LogP contribution < -0.4 is 5.73 Å². The van der Waals surface area contributed by atoms with E-state index in [1.807, 2.05) is 0 Å². The number of carbonyl (C=O) groups is 1. The summed E-state index contributed by atoms with van der Waals surface area (Å²) in [6.07, 6.45) is 1.09. The van der Waals surface area contributed by atoms with E-state index in [0.29, 0.717) is 17.3 Å². The van der Waals surface area contributed by atoms with E-state index in [4.69, 9.17) is 10.5 Å². The number of sulfonamides is 1. The van der Waals surface area contributed by atoms with Gasteiger partial charge in [0, 0.05) is 11.0 Å². The highest BCUT2D eigenvalue weighted by Crippen LogP contribution is 2.31. The lowest BCUT2D eigenvalue weighted by Crippen LogP contribution is -2.41. The molecule has 0 aromatic heterocycles. The predicted molar refractivity (Wildman–Crippen MR) is 82.1 cm³/mol. The van der Waals surface area contributed by atoms with E-state index in [0.717, 1.165) is 0 Å². The number of nitrogens with two attached hydrogens (primary N) is 1. The zero-order valence-electron chi connectivity index (χ0n) is 11.6. The molecular weight excluding hydrogens is 360 g/mol. The molecule has 21 heavy (non-hydrogen) atoms. The van der Waals surface area contributed by atoms with Gasteiger partial charge in [-0.05, 0) is 38.0 Å². The number of esters is 1. The van der Waals surface area contributed by atoms with E-state index in [9.17, 15) is 13.2 Å². The predicted octanol–water partition coefficient (Wildman–Crippen LogP) is 1.75. The molecule has 1 heterocycles. The third-order valence-corrected chi connectivity index (χ3v) is 5.78. The number of hydrogen-bond acceptors (Lipinski definition) is 5. The van der Waals surface area contributed by atoms with E-state index in [2.05, 4.69) is 15.9 Å². The van der Waals surface area contributed by atoms with Crippen LogP contribution in [0, 0.1) is 0 Å². The van der Waals surface area contributed by atoms with Gasteiger partial charge in [0.15, 0.2) is 0 Å². The summed E-state index contributed by atoms with van der Waals surface area (Å²) in [5.74, 6) is -0.507. The van der Waals surface area contributed by atoms with Crippen LogP contribution in [0.2, 0.25) is 0 Å². The molecule has 1 saturated heterocycles. The average molecular weight is 377 g/mol. The van der Waals surface area contributed by atoms with Crippen LogP contribution >= 0.6 is 15.9 Å². The Morgan fingerprint density at radius 2 is 2.24 bits per heavy atom. The standard InChI is InChI=1S/C13H17BrN2O4S/c1-2-20-13(17)11-4-3-7-16(11)21(18,19)12-8-9(14)5-6-10(12)15/h5-6,8,11H,2-4,7,15H2,1H3. The molecule has 0 aliphatic carbocycles. The first-order valence-corrected chi connectivity index (χ1v) is 8.84. The fourth-order valence-electron chi connectivity index (χ4n) is 2.36. The van der Waals surface area contributed by atoms with Gasteiger partial charge in [-0.2, -0.15) is 4.31 Å². The minimum absolute atomic E-state index is 0.00748. The summed E-state index contributed by atoms with van der Waals surface area (Å²) in [6.45, 7) is 2.21. The van der Waals surface area contributed by atoms with Crippen molar-refractivity contribution in [2.24, 2.45) is 0 Å². The number of carbonyl (C=O) groups excluding carboxylic acids is 1. The SMILES string of the molecule is CCOC(=O)C1CCCN1S(=O)(=O)c1cc(Br)ccc1N. The van der Waals surface area contributed by atoms with Gasteiger partial charge >= 0.3 is 5.97 Å². The lowest BCUT2D eigenvalue weighted by molar-refractivity contribution is -0.146. The van der Waals surface area contributed by atoms with E-state index in [1.165, 1.54) is 16.4 Å². The maximum absolute atomic E-state index is 12.7. The average Bonchev–Trinajstić information content (AvgIpc) is 2.92. The quantitative estimate of drug-likeness (QED) is 0.638. The number of nitrogens with zero attached hydrogens (tertiary/aromatic N) is 1. The van der Waals surface area contributed by atoms with E-state index >= 15 is 0 Å². The largest absolute Gasteiger partial charge is 0.465 e. The van der Waals surface area contributed by atoms with Gasteiger partial charge in [0.2, 0.25) is 10.0 Å². The number of anilines is 1. The third-order valence-electron chi connectivity index (χ3n) is 3.32.